The normalized spacial score (nSPS) is 10.9. The van der Waals surface area contributed by atoms with Gasteiger partial charge in [-0.05, 0) is 80.6 Å². The number of hydrogen-bond acceptors (Lipinski definition) is 5. The molecule has 7 nitrogen and oxygen atoms in total. The van der Waals surface area contributed by atoms with Crippen molar-refractivity contribution in [2.75, 3.05) is 12.4 Å². The Morgan fingerprint density at radius 3 is 2.23 bits per heavy atom. The monoisotopic (exact) mass is 402 g/mol. The van der Waals surface area contributed by atoms with Gasteiger partial charge in [-0.2, -0.15) is 4.80 Å². The predicted octanol–water partition coefficient (Wildman–Crippen LogP) is 4.47. The third-order valence-electron chi connectivity index (χ3n) is 4.43. The fourth-order valence-corrected chi connectivity index (χ4v) is 2.98. The first-order valence-corrected chi connectivity index (χ1v) is 9.61. The summed E-state index contributed by atoms with van der Waals surface area (Å²) in [5, 5.41) is 11.9. The first-order chi connectivity index (χ1) is 14.5. The second-order valence-corrected chi connectivity index (χ2v) is 7.04. The molecule has 1 aromatic heterocycles. The van der Waals surface area contributed by atoms with E-state index in [9.17, 15) is 4.79 Å². The molecular weight excluding hydrogens is 380 g/mol. The highest BCUT2D eigenvalue weighted by molar-refractivity contribution is 6.05. The number of nitrogens with zero attached hydrogens (tertiary/aromatic N) is 3. The number of methoxy groups -OCH3 is 1. The lowest BCUT2D eigenvalue weighted by molar-refractivity contribution is 0.102. The highest BCUT2D eigenvalue weighted by Gasteiger charge is 2.10. The molecule has 0 aliphatic rings. The zero-order valence-electron chi connectivity index (χ0n) is 17.0. The van der Waals surface area contributed by atoms with Crippen LogP contribution < -0.4 is 14.8 Å². The van der Waals surface area contributed by atoms with Gasteiger partial charge in [0.1, 0.15) is 22.5 Å². The van der Waals surface area contributed by atoms with Gasteiger partial charge in [-0.15, -0.1) is 10.2 Å². The van der Waals surface area contributed by atoms with Crippen molar-refractivity contribution in [3.8, 4) is 17.2 Å². The van der Waals surface area contributed by atoms with E-state index in [0.717, 1.165) is 22.7 Å². The van der Waals surface area contributed by atoms with Crippen molar-refractivity contribution in [2.45, 2.75) is 20.0 Å². The number of anilines is 1. The molecule has 0 spiro atoms. The van der Waals surface area contributed by atoms with Gasteiger partial charge >= 0.3 is 0 Å². The van der Waals surface area contributed by atoms with Gasteiger partial charge in [0.25, 0.3) is 5.91 Å². The van der Waals surface area contributed by atoms with E-state index in [1.165, 1.54) is 0 Å². The van der Waals surface area contributed by atoms with E-state index in [-0.39, 0.29) is 12.0 Å². The van der Waals surface area contributed by atoms with Crippen LogP contribution in [0.1, 0.15) is 24.2 Å². The minimum atomic E-state index is -0.201. The van der Waals surface area contributed by atoms with Crippen LogP contribution in [0.15, 0.2) is 66.7 Å². The lowest BCUT2D eigenvalue weighted by Crippen LogP contribution is -2.12. The molecule has 0 aliphatic carbocycles. The van der Waals surface area contributed by atoms with E-state index in [2.05, 4.69) is 15.5 Å². The quantitative estimate of drug-likeness (QED) is 0.515. The Balaban J connectivity index is 1.51. The molecule has 0 aliphatic heterocycles. The Kier molecular flexibility index (Phi) is 5.34. The summed E-state index contributed by atoms with van der Waals surface area (Å²) in [5.41, 5.74) is 3.44. The number of ether oxygens (including phenoxy) is 2. The van der Waals surface area contributed by atoms with Gasteiger partial charge in [0.2, 0.25) is 0 Å². The smallest absolute Gasteiger partial charge is 0.255 e. The van der Waals surface area contributed by atoms with Crippen LogP contribution in [0.5, 0.6) is 11.5 Å². The number of benzene rings is 3. The average molecular weight is 402 g/mol. The van der Waals surface area contributed by atoms with E-state index in [1.807, 2.05) is 50.2 Å². The first kappa shape index (κ1) is 19.4. The molecule has 0 saturated carbocycles. The minimum Gasteiger partial charge on any atom is -0.497 e. The maximum absolute atomic E-state index is 12.6. The van der Waals surface area contributed by atoms with Crippen LogP contribution in [0.2, 0.25) is 0 Å². The molecule has 30 heavy (non-hydrogen) atoms. The van der Waals surface area contributed by atoms with E-state index < -0.39 is 0 Å². The maximum Gasteiger partial charge on any atom is 0.255 e. The lowest BCUT2D eigenvalue weighted by atomic mass is 10.2. The van der Waals surface area contributed by atoms with E-state index >= 15 is 0 Å². The number of nitrogens with one attached hydrogen (secondary N) is 1. The van der Waals surface area contributed by atoms with Gasteiger partial charge in [-0.1, -0.05) is 0 Å². The molecule has 1 heterocycles. The largest absolute Gasteiger partial charge is 0.497 e. The van der Waals surface area contributed by atoms with Crippen molar-refractivity contribution in [1.29, 1.82) is 0 Å². The Labute approximate surface area is 174 Å². The fourth-order valence-electron chi connectivity index (χ4n) is 2.98. The molecule has 0 radical (unpaired) electrons. The number of carbonyl (C=O) groups is 1. The predicted molar refractivity (Wildman–Crippen MR) is 116 cm³/mol. The SMILES string of the molecule is COc1ccc(-n2nc3ccc(NC(=O)c4ccc(OC(C)C)cc4)cc3n2)cc1. The lowest BCUT2D eigenvalue weighted by Gasteiger charge is -2.10. The zero-order valence-corrected chi connectivity index (χ0v) is 17.0. The summed E-state index contributed by atoms with van der Waals surface area (Å²) >= 11 is 0. The Hall–Kier alpha value is -3.87. The molecule has 4 rings (SSSR count). The number of carbonyl (C=O) groups excluding carboxylic acids is 1. The molecular formula is C23H22N4O3. The summed E-state index contributed by atoms with van der Waals surface area (Å²) < 4.78 is 10.8. The zero-order chi connectivity index (χ0) is 21.1. The summed E-state index contributed by atoms with van der Waals surface area (Å²) in [6.07, 6.45) is 0.0859. The van der Waals surface area contributed by atoms with Crippen molar-refractivity contribution in [1.82, 2.24) is 15.0 Å². The molecule has 0 unspecified atom stereocenters. The second-order valence-electron chi connectivity index (χ2n) is 7.04. The van der Waals surface area contributed by atoms with Crippen LogP contribution in [-0.2, 0) is 0 Å². The third kappa shape index (κ3) is 4.25. The number of fused-ring (bicyclic) bond motifs is 1. The van der Waals surface area contributed by atoms with Crippen molar-refractivity contribution >= 4 is 22.6 Å². The average Bonchev–Trinajstić information content (AvgIpc) is 3.17. The maximum atomic E-state index is 12.6. The number of amides is 1. The standard InChI is InChI=1S/C23H22N4O3/c1-15(2)30-20-9-4-16(5-10-20)23(28)24-17-6-13-21-22(14-17)26-27(25-21)18-7-11-19(29-3)12-8-18/h4-15H,1-3H3,(H,24,28). The second kappa shape index (κ2) is 8.24. The Morgan fingerprint density at radius 2 is 1.57 bits per heavy atom. The summed E-state index contributed by atoms with van der Waals surface area (Å²) in [7, 11) is 1.62. The molecule has 1 amide bonds. The van der Waals surface area contributed by atoms with E-state index in [0.29, 0.717) is 16.8 Å². The molecule has 0 saturated heterocycles. The molecule has 152 valence electrons. The van der Waals surface area contributed by atoms with Crippen molar-refractivity contribution in [3.63, 3.8) is 0 Å². The number of aromatic nitrogens is 3. The Bertz CT molecular complexity index is 1170. The fraction of sp³-hybridized carbons (Fsp3) is 0.174. The van der Waals surface area contributed by atoms with Gasteiger partial charge < -0.3 is 14.8 Å². The third-order valence-corrected chi connectivity index (χ3v) is 4.43. The van der Waals surface area contributed by atoms with Crippen molar-refractivity contribution in [3.05, 3.63) is 72.3 Å². The summed E-state index contributed by atoms with van der Waals surface area (Å²) in [4.78, 5) is 14.1. The van der Waals surface area contributed by atoms with E-state index in [4.69, 9.17) is 9.47 Å². The molecule has 0 atom stereocenters. The van der Waals surface area contributed by atoms with Gasteiger partial charge in [0.15, 0.2) is 0 Å². The first-order valence-electron chi connectivity index (χ1n) is 9.61. The van der Waals surface area contributed by atoms with Gasteiger partial charge in [0.05, 0.1) is 18.9 Å². The van der Waals surface area contributed by atoms with Crippen molar-refractivity contribution < 1.29 is 14.3 Å². The molecule has 0 bridgehead atoms. The molecule has 1 N–H and O–H groups in total. The van der Waals surface area contributed by atoms with Crippen LogP contribution in [-0.4, -0.2) is 34.1 Å². The minimum absolute atomic E-state index is 0.0859. The van der Waals surface area contributed by atoms with Crippen LogP contribution in [0.25, 0.3) is 16.7 Å². The molecule has 0 fully saturated rings. The van der Waals surface area contributed by atoms with Crippen molar-refractivity contribution in [2.24, 2.45) is 0 Å². The van der Waals surface area contributed by atoms with Gasteiger partial charge in [-0.3, -0.25) is 4.79 Å². The van der Waals surface area contributed by atoms with Crippen LogP contribution >= 0.6 is 0 Å². The summed E-state index contributed by atoms with van der Waals surface area (Å²) in [5.74, 6) is 1.30. The van der Waals surface area contributed by atoms with E-state index in [1.54, 1.807) is 42.2 Å². The molecule has 3 aromatic carbocycles. The molecule has 4 aromatic rings. The molecule has 7 heteroatoms. The summed E-state index contributed by atoms with van der Waals surface area (Å²) in [6.45, 7) is 3.92. The highest BCUT2D eigenvalue weighted by Crippen LogP contribution is 2.20. The van der Waals surface area contributed by atoms with Crippen LogP contribution in [0.4, 0.5) is 5.69 Å². The van der Waals surface area contributed by atoms with Gasteiger partial charge in [0, 0.05) is 11.3 Å². The summed E-state index contributed by atoms with van der Waals surface area (Å²) in [6, 6.07) is 20.0. The number of hydrogen-bond donors (Lipinski definition) is 1. The topological polar surface area (TPSA) is 78.3 Å². The highest BCUT2D eigenvalue weighted by atomic mass is 16.5. The van der Waals surface area contributed by atoms with Crippen LogP contribution in [0, 0.1) is 0 Å². The van der Waals surface area contributed by atoms with Gasteiger partial charge in [-0.25, -0.2) is 0 Å². The van der Waals surface area contributed by atoms with Crippen LogP contribution in [0.3, 0.4) is 0 Å². The number of rotatable bonds is 6. The Morgan fingerprint density at radius 1 is 0.900 bits per heavy atom.